The monoisotopic (exact) mass is 329 g/mol. The third-order valence-electron chi connectivity index (χ3n) is 4.12. The Morgan fingerprint density at radius 2 is 1.87 bits per heavy atom. The first-order chi connectivity index (χ1) is 10.6. The number of carbonyl (C=O) groups is 1. The molecule has 0 radical (unpaired) electrons. The lowest BCUT2D eigenvalue weighted by Gasteiger charge is -2.26. The van der Waals surface area contributed by atoms with Gasteiger partial charge in [-0.2, -0.15) is 13.2 Å². The Balaban J connectivity index is 2.05. The van der Waals surface area contributed by atoms with Crippen molar-refractivity contribution in [1.82, 2.24) is 4.90 Å². The Hall–Kier alpha value is -1.56. The first-order valence-corrected chi connectivity index (χ1v) is 7.77. The predicted molar refractivity (Wildman–Crippen MR) is 81.2 cm³/mol. The van der Waals surface area contributed by atoms with E-state index < -0.39 is 23.7 Å². The van der Waals surface area contributed by atoms with Crippen molar-refractivity contribution in [2.45, 2.75) is 57.3 Å². The van der Waals surface area contributed by atoms with E-state index in [0.717, 1.165) is 10.5 Å². The minimum atomic E-state index is -4.38. The summed E-state index contributed by atoms with van der Waals surface area (Å²) in [4.78, 5) is 13.2. The van der Waals surface area contributed by atoms with E-state index in [9.17, 15) is 23.1 Å². The molecule has 1 saturated heterocycles. The standard InChI is InChI=1S/C17H22F3NO2/c1-16(2,23)10-9-12-5-7-13(8-6-12)15(22)21-11-3-4-14(21)17(18,19)20/h5-8,14,23H,3-4,9-11H2,1-2H3/t14-/m0/s1. The number of likely N-dealkylation sites (tertiary alicyclic amines) is 1. The fourth-order valence-corrected chi connectivity index (χ4v) is 2.78. The molecule has 3 nitrogen and oxygen atoms in total. The minimum Gasteiger partial charge on any atom is -0.390 e. The number of aryl methyl sites for hydroxylation is 1. The number of nitrogens with zero attached hydrogens (tertiary/aromatic N) is 1. The molecule has 1 heterocycles. The molecule has 23 heavy (non-hydrogen) atoms. The van der Waals surface area contributed by atoms with Gasteiger partial charge in [0.15, 0.2) is 0 Å². The van der Waals surface area contributed by atoms with Gasteiger partial charge < -0.3 is 10.0 Å². The van der Waals surface area contributed by atoms with Gasteiger partial charge in [0.05, 0.1) is 5.60 Å². The molecule has 0 aromatic heterocycles. The first kappa shape index (κ1) is 17.8. The largest absolute Gasteiger partial charge is 0.408 e. The molecule has 0 saturated carbocycles. The molecule has 1 aliphatic rings. The quantitative estimate of drug-likeness (QED) is 0.917. The SMILES string of the molecule is CC(C)(O)CCc1ccc(C(=O)N2CCC[C@H]2C(F)(F)F)cc1. The zero-order chi connectivity index (χ0) is 17.3. The van der Waals surface area contributed by atoms with Crippen molar-refractivity contribution in [3.63, 3.8) is 0 Å². The van der Waals surface area contributed by atoms with E-state index in [4.69, 9.17) is 0 Å². The van der Waals surface area contributed by atoms with Gasteiger partial charge in [0, 0.05) is 12.1 Å². The van der Waals surface area contributed by atoms with Crippen LogP contribution in [0.5, 0.6) is 0 Å². The molecule has 0 bridgehead atoms. The number of hydrogen-bond acceptors (Lipinski definition) is 2. The summed E-state index contributed by atoms with van der Waals surface area (Å²) in [7, 11) is 0. The molecule has 1 aromatic rings. The highest BCUT2D eigenvalue weighted by Gasteiger charge is 2.47. The number of carbonyl (C=O) groups excluding carboxylic acids is 1. The summed E-state index contributed by atoms with van der Waals surface area (Å²) < 4.78 is 38.8. The third-order valence-corrected chi connectivity index (χ3v) is 4.12. The second-order valence-electron chi connectivity index (χ2n) is 6.71. The van der Waals surface area contributed by atoms with Crippen LogP contribution in [-0.4, -0.2) is 40.3 Å². The number of alkyl halides is 3. The number of benzene rings is 1. The molecule has 2 rings (SSSR count). The van der Waals surface area contributed by atoms with Gasteiger partial charge in [0.1, 0.15) is 6.04 Å². The highest BCUT2D eigenvalue weighted by Crippen LogP contribution is 2.33. The summed E-state index contributed by atoms with van der Waals surface area (Å²) in [5.41, 5.74) is 0.440. The van der Waals surface area contributed by atoms with E-state index in [-0.39, 0.29) is 18.5 Å². The Morgan fingerprint density at radius 3 is 2.39 bits per heavy atom. The average molecular weight is 329 g/mol. The smallest absolute Gasteiger partial charge is 0.390 e. The zero-order valence-corrected chi connectivity index (χ0v) is 13.4. The highest BCUT2D eigenvalue weighted by atomic mass is 19.4. The van der Waals surface area contributed by atoms with Crippen LogP contribution < -0.4 is 0 Å². The average Bonchev–Trinajstić information content (AvgIpc) is 2.93. The second-order valence-corrected chi connectivity index (χ2v) is 6.71. The van der Waals surface area contributed by atoms with E-state index in [2.05, 4.69) is 0 Å². The van der Waals surface area contributed by atoms with Crippen LogP contribution in [0, 0.1) is 0 Å². The molecule has 128 valence electrons. The molecule has 1 N–H and O–H groups in total. The third kappa shape index (κ3) is 4.70. The summed E-state index contributed by atoms with van der Waals surface area (Å²) in [5.74, 6) is -0.570. The molecule has 0 aliphatic carbocycles. The maximum Gasteiger partial charge on any atom is 0.408 e. The Bertz CT molecular complexity index is 546. The number of rotatable bonds is 4. The summed E-state index contributed by atoms with van der Waals surface area (Å²) in [6.45, 7) is 3.58. The van der Waals surface area contributed by atoms with Gasteiger partial charge in [-0.3, -0.25) is 4.79 Å². The molecule has 1 amide bonds. The van der Waals surface area contributed by atoms with Crippen molar-refractivity contribution < 1.29 is 23.1 Å². The van der Waals surface area contributed by atoms with E-state index in [1.54, 1.807) is 38.1 Å². The maximum absolute atomic E-state index is 12.9. The van der Waals surface area contributed by atoms with Crippen LogP contribution in [0.2, 0.25) is 0 Å². The molecule has 1 atom stereocenters. The lowest BCUT2D eigenvalue weighted by Crippen LogP contribution is -2.44. The van der Waals surface area contributed by atoms with Gasteiger partial charge in [-0.25, -0.2) is 0 Å². The zero-order valence-electron chi connectivity index (χ0n) is 13.4. The number of amides is 1. The Morgan fingerprint density at radius 1 is 1.26 bits per heavy atom. The lowest BCUT2D eigenvalue weighted by atomic mass is 9.98. The van der Waals surface area contributed by atoms with Crippen molar-refractivity contribution in [2.75, 3.05) is 6.54 Å². The van der Waals surface area contributed by atoms with Gasteiger partial charge >= 0.3 is 6.18 Å². The Kier molecular flexibility index (Phi) is 5.04. The molecular weight excluding hydrogens is 307 g/mol. The molecule has 1 aliphatic heterocycles. The van der Waals surface area contributed by atoms with Crippen molar-refractivity contribution in [1.29, 1.82) is 0 Å². The highest BCUT2D eigenvalue weighted by molar-refractivity contribution is 5.94. The topological polar surface area (TPSA) is 40.5 Å². The second kappa shape index (κ2) is 6.51. The van der Waals surface area contributed by atoms with Crippen LogP contribution in [0.1, 0.15) is 49.0 Å². The van der Waals surface area contributed by atoms with E-state index in [1.807, 2.05) is 0 Å². The molecule has 1 aromatic carbocycles. The van der Waals surface area contributed by atoms with Gasteiger partial charge in [-0.05, 0) is 57.2 Å². The minimum absolute atomic E-state index is 0.0289. The summed E-state index contributed by atoms with van der Waals surface area (Å²) >= 11 is 0. The Labute approximate surface area is 134 Å². The molecule has 6 heteroatoms. The van der Waals surface area contributed by atoms with E-state index in [0.29, 0.717) is 19.3 Å². The molecular formula is C17H22F3NO2. The van der Waals surface area contributed by atoms with Crippen LogP contribution in [0.25, 0.3) is 0 Å². The van der Waals surface area contributed by atoms with Gasteiger partial charge in [0.25, 0.3) is 5.91 Å². The molecule has 1 fully saturated rings. The van der Waals surface area contributed by atoms with Crippen LogP contribution in [0.3, 0.4) is 0 Å². The van der Waals surface area contributed by atoms with Crippen LogP contribution in [-0.2, 0) is 6.42 Å². The normalized spacial score (nSPS) is 19.2. The first-order valence-electron chi connectivity index (χ1n) is 7.77. The molecule has 0 spiro atoms. The van der Waals surface area contributed by atoms with Gasteiger partial charge in [0.2, 0.25) is 0 Å². The fraction of sp³-hybridized carbons (Fsp3) is 0.588. The predicted octanol–water partition coefficient (Wildman–Crippen LogP) is 3.56. The van der Waals surface area contributed by atoms with Crippen LogP contribution in [0.15, 0.2) is 24.3 Å². The van der Waals surface area contributed by atoms with Gasteiger partial charge in [-0.15, -0.1) is 0 Å². The van der Waals surface area contributed by atoms with Crippen molar-refractivity contribution in [3.05, 3.63) is 35.4 Å². The maximum atomic E-state index is 12.9. The van der Waals surface area contributed by atoms with E-state index >= 15 is 0 Å². The van der Waals surface area contributed by atoms with Crippen molar-refractivity contribution in [3.8, 4) is 0 Å². The fourth-order valence-electron chi connectivity index (χ4n) is 2.78. The number of halogens is 3. The lowest BCUT2D eigenvalue weighted by molar-refractivity contribution is -0.169. The summed E-state index contributed by atoms with van der Waals surface area (Å²) in [6, 6.07) is 4.92. The van der Waals surface area contributed by atoms with Crippen molar-refractivity contribution in [2.24, 2.45) is 0 Å². The molecule has 0 unspecified atom stereocenters. The number of hydrogen-bond donors (Lipinski definition) is 1. The van der Waals surface area contributed by atoms with E-state index in [1.165, 1.54) is 0 Å². The van der Waals surface area contributed by atoms with Crippen LogP contribution in [0.4, 0.5) is 13.2 Å². The van der Waals surface area contributed by atoms with Gasteiger partial charge in [-0.1, -0.05) is 12.1 Å². The summed E-state index contributed by atoms with van der Waals surface area (Å²) in [5, 5.41) is 9.70. The summed E-state index contributed by atoms with van der Waals surface area (Å²) in [6.07, 6.45) is -2.81. The number of aliphatic hydroxyl groups is 1. The van der Waals surface area contributed by atoms with Crippen LogP contribution >= 0.6 is 0 Å². The van der Waals surface area contributed by atoms with Crippen molar-refractivity contribution >= 4 is 5.91 Å².